The highest BCUT2D eigenvalue weighted by Gasteiger charge is 2.17. The normalized spacial score (nSPS) is 10.4. The Bertz CT molecular complexity index is 625. The second-order valence-corrected chi connectivity index (χ2v) is 5.72. The van der Waals surface area contributed by atoms with Gasteiger partial charge in [-0.25, -0.2) is 0 Å². The SMILES string of the molecule is CCc1ccc(N(C)C(=O)c2cccc(Br)c2Cl)cc1. The Morgan fingerprint density at radius 3 is 2.45 bits per heavy atom. The van der Waals surface area contributed by atoms with Gasteiger partial charge in [0.25, 0.3) is 5.91 Å². The van der Waals surface area contributed by atoms with E-state index >= 15 is 0 Å². The van der Waals surface area contributed by atoms with Gasteiger partial charge in [-0.05, 0) is 52.2 Å². The van der Waals surface area contributed by atoms with Crippen LogP contribution in [0.1, 0.15) is 22.8 Å². The topological polar surface area (TPSA) is 20.3 Å². The molecule has 0 aliphatic carbocycles. The van der Waals surface area contributed by atoms with Crippen LogP contribution in [0.4, 0.5) is 5.69 Å². The van der Waals surface area contributed by atoms with Gasteiger partial charge >= 0.3 is 0 Å². The van der Waals surface area contributed by atoms with Crippen LogP contribution in [0.3, 0.4) is 0 Å². The second-order valence-electron chi connectivity index (χ2n) is 4.49. The van der Waals surface area contributed by atoms with Gasteiger partial charge in [0.2, 0.25) is 0 Å². The van der Waals surface area contributed by atoms with Crippen LogP contribution in [0.2, 0.25) is 5.02 Å². The first-order valence-corrected chi connectivity index (χ1v) is 7.52. The van der Waals surface area contributed by atoms with Crippen molar-refractivity contribution in [2.45, 2.75) is 13.3 Å². The van der Waals surface area contributed by atoms with Gasteiger partial charge in [0, 0.05) is 17.2 Å². The van der Waals surface area contributed by atoms with E-state index in [4.69, 9.17) is 11.6 Å². The molecular formula is C16H15BrClNO. The summed E-state index contributed by atoms with van der Waals surface area (Å²) >= 11 is 9.51. The van der Waals surface area contributed by atoms with Crippen LogP contribution in [0.25, 0.3) is 0 Å². The fourth-order valence-electron chi connectivity index (χ4n) is 1.92. The van der Waals surface area contributed by atoms with Crippen LogP contribution < -0.4 is 4.90 Å². The number of hydrogen-bond acceptors (Lipinski definition) is 1. The fourth-order valence-corrected chi connectivity index (χ4v) is 2.50. The second kappa shape index (κ2) is 6.42. The first-order chi connectivity index (χ1) is 9.54. The fraction of sp³-hybridized carbons (Fsp3) is 0.188. The summed E-state index contributed by atoms with van der Waals surface area (Å²) in [5, 5.41) is 0.439. The van der Waals surface area contributed by atoms with Crippen molar-refractivity contribution in [2.75, 3.05) is 11.9 Å². The third-order valence-electron chi connectivity index (χ3n) is 3.22. The molecule has 0 aromatic heterocycles. The summed E-state index contributed by atoms with van der Waals surface area (Å²) in [6.07, 6.45) is 0.982. The number of hydrogen-bond donors (Lipinski definition) is 0. The van der Waals surface area contributed by atoms with E-state index in [1.807, 2.05) is 30.3 Å². The molecule has 0 aliphatic rings. The molecule has 0 unspecified atom stereocenters. The Morgan fingerprint density at radius 1 is 1.20 bits per heavy atom. The Balaban J connectivity index is 2.29. The number of benzene rings is 2. The quantitative estimate of drug-likeness (QED) is 0.766. The van der Waals surface area contributed by atoms with E-state index in [-0.39, 0.29) is 5.91 Å². The number of anilines is 1. The third kappa shape index (κ3) is 3.05. The van der Waals surface area contributed by atoms with Gasteiger partial charge in [-0.3, -0.25) is 4.79 Å². The molecule has 2 aromatic rings. The summed E-state index contributed by atoms with van der Waals surface area (Å²) in [5.74, 6) is -0.124. The number of nitrogens with zero attached hydrogens (tertiary/aromatic N) is 1. The van der Waals surface area contributed by atoms with Crippen LogP contribution in [0, 0.1) is 0 Å². The number of rotatable bonds is 3. The van der Waals surface area contributed by atoms with Gasteiger partial charge in [0.05, 0.1) is 10.6 Å². The molecule has 1 amide bonds. The summed E-state index contributed by atoms with van der Waals surface area (Å²) < 4.78 is 0.722. The minimum Gasteiger partial charge on any atom is -0.311 e. The van der Waals surface area contributed by atoms with Gasteiger partial charge < -0.3 is 4.90 Å². The maximum atomic E-state index is 12.5. The van der Waals surface area contributed by atoms with Crippen LogP contribution in [-0.2, 0) is 6.42 Å². The van der Waals surface area contributed by atoms with Crippen LogP contribution in [0.15, 0.2) is 46.9 Å². The first-order valence-electron chi connectivity index (χ1n) is 6.35. The van der Waals surface area contributed by atoms with Crippen molar-refractivity contribution >= 4 is 39.1 Å². The van der Waals surface area contributed by atoms with Crippen LogP contribution in [-0.4, -0.2) is 13.0 Å². The van der Waals surface area contributed by atoms with Gasteiger partial charge in [-0.1, -0.05) is 36.7 Å². The van der Waals surface area contributed by atoms with Crippen molar-refractivity contribution in [1.29, 1.82) is 0 Å². The van der Waals surface area contributed by atoms with E-state index in [2.05, 4.69) is 22.9 Å². The lowest BCUT2D eigenvalue weighted by molar-refractivity contribution is 0.0993. The zero-order chi connectivity index (χ0) is 14.7. The molecule has 0 heterocycles. The molecule has 0 bridgehead atoms. The standard InChI is InChI=1S/C16H15BrClNO/c1-3-11-7-9-12(10-8-11)19(2)16(20)13-5-4-6-14(17)15(13)18/h4-10H,3H2,1-2H3. The van der Waals surface area contributed by atoms with Crippen molar-refractivity contribution in [3.05, 3.63) is 63.1 Å². The molecule has 0 spiro atoms. The van der Waals surface area contributed by atoms with Crippen LogP contribution >= 0.6 is 27.5 Å². The average Bonchev–Trinajstić information content (AvgIpc) is 2.48. The lowest BCUT2D eigenvalue weighted by atomic mass is 10.1. The maximum absolute atomic E-state index is 12.5. The third-order valence-corrected chi connectivity index (χ3v) is 4.51. The van der Waals surface area contributed by atoms with Gasteiger partial charge in [0.1, 0.15) is 0 Å². The number of amides is 1. The largest absolute Gasteiger partial charge is 0.311 e. The highest BCUT2D eigenvalue weighted by molar-refractivity contribution is 9.10. The molecule has 104 valence electrons. The maximum Gasteiger partial charge on any atom is 0.259 e. The van der Waals surface area contributed by atoms with E-state index in [1.54, 1.807) is 24.1 Å². The van der Waals surface area contributed by atoms with Crippen LogP contribution in [0.5, 0.6) is 0 Å². The molecule has 2 aromatic carbocycles. The summed E-state index contributed by atoms with van der Waals surface area (Å²) in [6.45, 7) is 2.10. The zero-order valence-corrected chi connectivity index (χ0v) is 13.7. The van der Waals surface area contributed by atoms with Crippen molar-refractivity contribution in [1.82, 2.24) is 0 Å². The average molecular weight is 353 g/mol. The molecule has 0 N–H and O–H groups in total. The summed E-state index contributed by atoms with van der Waals surface area (Å²) in [5.41, 5.74) is 2.58. The van der Waals surface area contributed by atoms with E-state index in [9.17, 15) is 4.79 Å². The minimum absolute atomic E-state index is 0.124. The molecule has 0 fully saturated rings. The zero-order valence-electron chi connectivity index (χ0n) is 11.4. The van der Waals surface area contributed by atoms with E-state index in [0.29, 0.717) is 10.6 Å². The van der Waals surface area contributed by atoms with Crippen molar-refractivity contribution in [3.63, 3.8) is 0 Å². The lowest BCUT2D eigenvalue weighted by Gasteiger charge is -2.18. The van der Waals surface area contributed by atoms with Gasteiger partial charge in [-0.15, -0.1) is 0 Å². The first kappa shape index (κ1) is 15.1. The monoisotopic (exact) mass is 351 g/mol. The number of carbonyl (C=O) groups excluding carboxylic acids is 1. The van der Waals surface area contributed by atoms with E-state index < -0.39 is 0 Å². The molecule has 2 rings (SSSR count). The summed E-state index contributed by atoms with van der Waals surface area (Å²) in [7, 11) is 1.75. The Hall–Kier alpha value is -1.32. The van der Waals surface area contributed by atoms with Crippen molar-refractivity contribution in [3.8, 4) is 0 Å². The Labute approximate surface area is 132 Å². The molecule has 0 aliphatic heterocycles. The minimum atomic E-state index is -0.124. The molecule has 0 saturated carbocycles. The Kier molecular flexibility index (Phi) is 4.84. The molecule has 4 heteroatoms. The number of carbonyl (C=O) groups is 1. The summed E-state index contributed by atoms with van der Waals surface area (Å²) in [6, 6.07) is 13.3. The predicted molar refractivity (Wildman–Crippen MR) is 87.7 cm³/mol. The van der Waals surface area contributed by atoms with Crippen molar-refractivity contribution in [2.24, 2.45) is 0 Å². The molecule has 0 saturated heterocycles. The molecular weight excluding hydrogens is 338 g/mol. The number of halogens is 2. The van der Waals surface area contributed by atoms with Gasteiger partial charge in [0.15, 0.2) is 0 Å². The summed E-state index contributed by atoms with van der Waals surface area (Å²) in [4.78, 5) is 14.1. The van der Waals surface area contributed by atoms with E-state index in [0.717, 1.165) is 16.6 Å². The molecule has 20 heavy (non-hydrogen) atoms. The Morgan fingerprint density at radius 2 is 1.85 bits per heavy atom. The molecule has 0 atom stereocenters. The molecule has 0 radical (unpaired) electrons. The lowest BCUT2D eigenvalue weighted by Crippen LogP contribution is -2.26. The van der Waals surface area contributed by atoms with Crippen molar-refractivity contribution < 1.29 is 4.79 Å². The predicted octanol–water partition coefficient (Wildman–Crippen LogP) is 4.94. The van der Waals surface area contributed by atoms with E-state index in [1.165, 1.54) is 5.56 Å². The highest BCUT2D eigenvalue weighted by atomic mass is 79.9. The van der Waals surface area contributed by atoms with Gasteiger partial charge in [-0.2, -0.15) is 0 Å². The smallest absolute Gasteiger partial charge is 0.259 e. The number of aryl methyl sites for hydroxylation is 1. The molecule has 2 nitrogen and oxygen atoms in total. The highest BCUT2D eigenvalue weighted by Crippen LogP contribution is 2.28.